The van der Waals surface area contributed by atoms with Crippen LogP contribution >= 0.6 is 0 Å². The lowest BCUT2D eigenvalue weighted by atomic mass is 10.2. The number of likely N-dealkylation sites (N-methyl/N-ethyl adjacent to an activating group) is 1. The quantitative estimate of drug-likeness (QED) is 0.610. The normalized spacial score (nSPS) is 15.5. The Labute approximate surface area is 185 Å². The molecule has 1 aliphatic rings. The first-order valence-corrected chi connectivity index (χ1v) is 12.0. The second-order valence-corrected chi connectivity index (χ2v) is 9.66. The van der Waals surface area contributed by atoms with Gasteiger partial charge in [-0.25, -0.2) is 8.42 Å². The highest BCUT2D eigenvalue weighted by Crippen LogP contribution is 2.21. The molecule has 166 valence electrons. The summed E-state index contributed by atoms with van der Waals surface area (Å²) in [5.41, 5.74) is 1.70. The fraction of sp³-hybridized carbons (Fsp3) is 0.375. The van der Waals surface area contributed by atoms with Gasteiger partial charge in [-0.1, -0.05) is 43.2 Å². The van der Waals surface area contributed by atoms with Crippen molar-refractivity contribution in [3.8, 4) is 5.75 Å². The maximum Gasteiger partial charge on any atom is 0.246 e. The molecular weight excluding hydrogens is 412 g/mol. The fourth-order valence-electron chi connectivity index (χ4n) is 3.64. The third kappa shape index (κ3) is 5.95. The largest absolute Gasteiger partial charge is 0.496 e. The summed E-state index contributed by atoms with van der Waals surface area (Å²) >= 11 is 0. The van der Waals surface area contributed by atoms with Gasteiger partial charge in [0, 0.05) is 38.3 Å². The van der Waals surface area contributed by atoms with E-state index in [1.807, 2.05) is 24.3 Å². The first kappa shape index (κ1) is 23.0. The molecule has 3 rings (SSSR count). The van der Waals surface area contributed by atoms with E-state index in [0.717, 1.165) is 42.6 Å². The smallest absolute Gasteiger partial charge is 0.246 e. The highest BCUT2D eigenvalue weighted by atomic mass is 32.2. The Kier molecular flexibility index (Phi) is 7.87. The Morgan fingerprint density at radius 1 is 1.03 bits per heavy atom. The number of para-hydroxylation sites is 1. The minimum Gasteiger partial charge on any atom is -0.496 e. The number of carbonyl (C=O) groups is 1. The van der Waals surface area contributed by atoms with E-state index < -0.39 is 10.0 Å². The summed E-state index contributed by atoms with van der Waals surface area (Å²) < 4.78 is 32.7. The zero-order valence-corrected chi connectivity index (χ0v) is 19.0. The van der Waals surface area contributed by atoms with Crippen molar-refractivity contribution in [2.24, 2.45) is 0 Å². The molecule has 0 radical (unpaired) electrons. The van der Waals surface area contributed by atoms with E-state index in [9.17, 15) is 13.2 Å². The average molecular weight is 443 g/mol. The van der Waals surface area contributed by atoms with Gasteiger partial charge in [-0.15, -0.1) is 0 Å². The molecule has 7 heteroatoms. The molecule has 2 aromatic carbocycles. The average Bonchev–Trinajstić information content (AvgIpc) is 3.08. The third-order valence-corrected chi connectivity index (χ3v) is 7.39. The first-order chi connectivity index (χ1) is 14.9. The van der Waals surface area contributed by atoms with Crippen molar-refractivity contribution in [2.45, 2.75) is 37.1 Å². The molecule has 0 atom stereocenters. The molecule has 0 bridgehead atoms. The maximum absolute atomic E-state index is 12.9. The van der Waals surface area contributed by atoms with Crippen LogP contribution in [0.1, 0.15) is 36.8 Å². The van der Waals surface area contributed by atoms with Crippen LogP contribution in [0.2, 0.25) is 0 Å². The van der Waals surface area contributed by atoms with E-state index in [1.54, 1.807) is 53.7 Å². The molecule has 0 spiro atoms. The number of benzene rings is 2. The molecule has 0 aliphatic carbocycles. The van der Waals surface area contributed by atoms with Crippen molar-refractivity contribution in [2.75, 3.05) is 27.2 Å². The van der Waals surface area contributed by atoms with Gasteiger partial charge in [0.25, 0.3) is 0 Å². The van der Waals surface area contributed by atoms with Crippen LogP contribution in [0, 0.1) is 0 Å². The Morgan fingerprint density at radius 3 is 2.32 bits per heavy atom. The SMILES string of the molecule is COc1ccccc1CN(C)C(=O)/C=C/c1ccc(S(=O)(=O)N2CCCCCC2)cc1. The van der Waals surface area contributed by atoms with Crippen molar-refractivity contribution in [1.29, 1.82) is 0 Å². The van der Waals surface area contributed by atoms with Gasteiger partial charge >= 0.3 is 0 Å². The zero-order chi connectivity index (χ0) is 22.3. The summed E-state index contributed by atoms with van der Waals surface area (Å²) in [6.45, 7) is 1.59. The Morgan fingerprint density at radius 2 is 1.68 bits per heavy atom. The van der Waals surface area contributed by atoms with Crippen LogP contribution in [0.5, 0.6) is 5.75 Å². The monoisotopic (exact) mass is 442 g/mol. The summed E-state index contributed by atoms with van der Waals surface area (Å²) in [6.07, 6.45) is 7.16. The van der Waals surface area contributed by atoms with Gasteiger partial charge in [-0.05, 0) is 42.7 Å². The minimum atomic E-state index is -3.47. The van der Waals surface area contributed by atoms with Crippen molar-refractivity contribution in [3.05, 3.63) is 65.7 Å². The van der Waals surface area contributed by atoms with Crippen molar-refractivity contribution < 1.29 is 17.9 Å². The molecule has 1 heterocycles. The van der Waals surface area contributed by atoms with Crippen LogP contribution in [0.4, 0.5) is 0 Å². The topological polar surface area (TPSA) is 66.9 Å². The first-order valence-electron chi connectivity index (χ1n) is 10.6. The number of carbonyl (C=O) groups excluding carboxylic acids is 1. The molecular formula is C24H30N2O4S. The summed E-state index contributed by atoms with van der Waals surface area (Å²) in [5, 5.41) is 0. The molecule has 0 saturated carbocycles. The molecule has 31 heavy (non-hydrogen) atoms. The second-order valence-electron chi connectivity index (χ2n) is 7.73. The zero-order valence-electron chi connectivity index (χ0n) is 18.2. The van der Waals surface area contributed by atoms with Crippen molar-refractivity contribution in [3.63, 3.8) is 0 Å². The van der Waals surface area contributed by atoms with Crippen LogP contribution in [0.3, 0.4) is 0 Å². The Hall–Kier alpha value is -2.64. The number of rotatable bonds is 7. The van der Waals surface area contributed by atoms with E-state index >= 15 is 0 Å². The molecule has 0 unspecified atom stereocenters. The van der Waals surface area contributed by atoms with E-state index in [2.05, 4.69) is 0 Å². The minimum absolute atomic E-state index is 0.146. The summed E-state index contributed by atoms with van der Waals surface area (Å²) in [4.78, 5) is 14.4. The maximum atomic E-state index is 12.9. The van der Waals surface area contributed by atoms with Crippen LogP contribution in [0.25, 0.3) is 6.08 Å². The predicted octanol–water partition coefficient (Wildman–Crippen LogP) is 3.93. The van der Waals surface area contributed by atoms with Gasteiger partial charge in [0.15, 0.2) is 0 Å². The summed E-state index contributed by atoms with van der Waals surface area (Å²) in [7, 11) is -0.125. The lowest BCUT2D eigenvalue weighted by Gasteiger charge is -2.20. The highest BCUT2D eigenvalue weighted by molar-refractivity contribution is 7.89. The van der Waals surface area contributed by atoms with E-state index in [0.29, 0.717) is 24.5 Å². The molecule has 1 saturated heterocycles. The molecule has 6 nitrogen and oxygen atoms in total. The van der Waals surface area contributed by atoms with Gasteiger partial charge in [-0.3, -0.25) is 4.79 Å². The van der Waals surface area contributed by atoms with Gasteiger partial charge in [0.2, 0.25) is 15.9 Å². The number of sulfonamides is 1. The third-order valence-electron chi connectivity index (χ3n) is 5.48. The summed E-state index contributed by atoms with van der Waals surface area (Å²) in [6, 6.07) is 14.3. The summed E-state index contributed by atoms with van der Waals surface area (Å²) in [5.74, 6) is 0.597. The molecule has 1 aliphatic heterocycles. The van der Waals surface area contributed by atoms with Gasteiger partial charge in [-0.2, -0.15) is 4.31 Å². The van der Waals surface area contributed by atoms with Crippen molar-refractivity contribution in [1.82, 2.24) is 9.21 Å². The van der Waals surface area contributed by atoms with Crippen molar-refractivity contribution >= 4 is 22.0 Å². The number of methoxy groups -OCH3 is 1. The Bertz CT molecular complexity index is 1010. The molecule has 0 N–H and O–H groups in total. The second kappa shape index (κ2) is 10.6. The standard InChI is InChI=1S/C24H30N2O4S/c1-25(19-21-9-5-6-10-23(21)30-2)24(27)16-13-20-11-14-22(15-12-20)31(28,29)26-17-7-3-4-8-18-26/h5-6,9-16H,3-4,7-8,17-19H2,1-2H3/b16-13+. The molecule has 0 aromatic heterocycles. The Balaban J connectivity index is 1.64. The number of amides is 1. The lowest BCUT2D eigenvalue weighted by Crippen LogP contribution is -2.31. The van der Waals surface area contributed by atoms with Crippen LogP contribution in [-0.4, -0.2) is 50.8 Å². The van der Waals surface area contributed by atoms with Gasteiger partial charge < -0.3 is 9.64 Å². The van der Waals surface area contributed by atoms with Crippen LogP contribution in [0.15, 0.2) is 59.5 Å². The number of hydrogen-bond acceptors (Lipinski definition) is 4. The van der Waals surface area contributed by atoms with Crippen LogP contribution in [-0.2, 0) is 21.4 Å². The molecule has 2 aromatic rings. The lowest BCUT2D eigenvalue weighted by molar-refractivity contribution is -0.125. The van der Waals surface area contributed by atoms with Gasteiger partial charge in [0.1, 0.15) is 5.75 Å². The highest BCUT2D eigenvalue weighted by Gasteiger charge is 2.24. The van der Waals surface area contributed by atoms with Crippen LogP contribution < -0.4 is 4.74 Å². The number of hydrogen-bond donors (Lipinski definition) is 0. The van der Waals surface area contributed by atoms with E-state index in [4.69, 9.17) is 4.74 Å². The number of nitrogens with zero attached hydrogens (tertiary/aromatic N) is 2. The van der Waals surface area contributed by atoms with Gasteiger partial charge in [0.05, 0.1) is 12.0 Å². The van der Waals surface area contributed by atoms with E-state index in [-0.39, 0.29) is 5.91 Å². The molecule has 1 amide bonds. The predicted molar refractivity (Wildman–Crippen MR) is 122 cm³/mol. The molecule has 1 fully saturated rings. The van der Waals surface area contributed by atoms with E-state index in [1.165, 1.54) is 6.08 Å². The fourth-order valence-corrected chi connectivity index (χ4v) is 5.16. The number of ether oxygens (including phenoxy) is 1.